The highest BCUT2D eigenvalue weighted by atomic mass is 19.4. The average Bonchev–Trinajstić information content (AvgIpc) is 3.14. The number of benzene rings is 1. The number of aromatic nitrogens is 1. The molecular weight excluding hydrogens is 367 g/mol. The van der Waals surface area contributed by atoms with E-state index in [4.69, 9.17) is 0 Å². The highest BCUT2D eigenvalue weighted by Crippen LogP contribution is 2.29. The predicted octanol–water partition coefficient (Wildman–Crippen LogP) is 4.21. The first-order valence-electron chi connectivity index (χ1n) is 9.53. The maximum Gasteiger partial charge on any atom is 0.417 e. The number of amides is 1. The zero-order chi connectivity index (χ0) is 20.0. The van der Waals surface area contributed by atoms with Gasteiger partial charge < -0.3 is 10.2 Å². The number of nitrogens with one attached hydrogen (secondary N) is 1. The lowest BCUT2D eigenvalue weighted by Crippen LogP contribution is -2.37. The van der Waals surface area contributed by atoms with Crippen LogP contribution in [0.3, 0.4) is 0 Å². The summed E-state index contributed by atoms with van der Waals surface area (Å²) in [6.45, 7) is 1.23. The van der Waals surface area contributed by atoms with Crippen molar-refractivity contribution in [2.45, 2.75) is 44.3 Å². The van der Waals surface area contributed by atoms with Gasteiger partial charge in [0.25, 0.3) is 0 Å². The lowest BCUT2D eigenvalue weighted by atomic mass is 10.1. The number of alkyl halides is 3. The van der Waals surface area contributed by atoms with E-state index in [2.05, 4.69) is 22.4 Å². The first kappa shape index (κ1) is 20.2. The molecule has 0 aliphatic carbocycles. The number of carbonyl (C=O) groups excluding carboxylic acids is 1. The number of halogens is 3. The van der Waals surface area contributed by atoms with Crippen LogP contribution in [0.15, 0.2) is 48.7 Å². The van der Waals surface area contributed by atoms with Gasteiger partial charge in [0.2, 0.25) is 5.91 Å². The summed E-state index contributed by atoms with van der Waals surface area (Å²) < 4.78 is 37.9. The minimum atomic E-state index is -4.38. The zero-order valence-electron chi connectivity index (χ0n) is 15.6. The third kappa shape index (κ3) is 5.71. The molecule has 0 spiro atoms. The fraction of sp³-hybridized carbons (Fsp3) is 0.429. The molecule has 1 aromatic heterocycles. The molecule has 1 saturated heterocycles. The van der Waals surface area contributed by atoms with Gasteiger partial charge >= 0.3 is 6.18 Å². The van der Waals surface area contributed by atoms with Gasteiger partial charge in [0, 0.05) is 31.7 Å². The molecule has 1 unspecified atom stereocenters. The summed E-state index contributed by atoms with van der Waals surface area (Å²) in [5, 5.41) is 3.02. The van der Waals surface area contributed by atoms with E-state index >= 15 is 0 Å². The molecule has 1 aliphatic rings. The molecule has 0 radical (unpaired) electrons. The standard InChI is InChI=1S/C21H24F3N3O/c22-21(23,24)17-10-11-19(25-14-17)27-13-12-18(15-27)26-20(28)9-5-4-8-16-6-2-1-3-7-16/h1-3,6-7,10-11,14,18H,4-5,8-9,12-13,15H2,(H,26,28). The van der Waals surface area contributed by atoms with Gasteiger partial charge in [0.15, 0.2) is 0 Å². The Morgan fingerprint density at radius 3 is 2.61 bits per heavy atom. The molecule has 0 bridgehead atoms. The first-order valence-corrected chi connectivity index (χ1v) is 9.53. The molecule has 1 amide bonds. The van der Waals surface area contributed by atoms with E-state index in [1.165, 1.54) is 11.6 Å². The van der Waals surface area contributed by atoms with Crippen LogP contribution in [-0.4, -0.2) is 30.0 Å². The van der Waals surface area contributed by atoms with E-state index in [9.17, 15) is 18.0 Å². The van der Waals surface area contributed by atoms with Crippen LogP contribution >= 0.6 is 0 Å². The van der Waals surface area contributed by atoms with Crippen molar-refractivity contribution in [2.24, 2.45) is 0 Å². The summed E-state index contributed by atoms with van der Waals surface area (Å²) in [6, 6.07) is 12.6. The predicted molar refractivity (Wildman–Crippen MR) is 102 cm³/mol. The van der Waals surface area contributed by atoms with Crippen molar-refractivity contribution < 1.29 is 18.0 Å². The van der Waals surface area contributed by atoms with Gasteiger partial charge in [0.1, 0.15) is 5.82 Å². The monoisotopic (exact) mass is 391 g/mol. The van der Waals surface area contributed by atoms with Crippen LogP contribution in [-0.2, 0) is 17.4 Å². The van der Waals surface area contributed by atoms with Crippen LogP contribution < -0.4 is 10.2 Å². The zero-order valence-corrected chi connectivity index (χ0v) is 15.6. The normalized spacial score (nSPS) is 17.0. The van der Waals surface area contributed by atoms with Crippen molar-refractivity contribution in [3.05, 3.63) is 59.8 Å². The van der Waals surface area contributed by atoms with E-state index < -0.39 is 11.7 Å². The highest BCUT2D eigenvalue weighted by Gasteiger charge is 2.31. The molecule has 7 heteroatoms. The SMILES string of the molecule is O=C(CCCCc1ccccc1)NC1CCN(c2ccc(C(F)(F)F)cn2)C1. The fourth-order valence-electron chi connectivity index (χ4n) is 3.39. The van der Waals surface area contributed by atoms with Crippen molar-refractivity contribution >= 4 is 11.7 Å². The third-order valence-electron chi connectivity index (χ3n) is 4.91. The Labute approximate surface area is 162 Å². The van der Waals surface area contributed by atoms with Gasteiger partial charge in [0.05, 0.1) is 5.56 Å². The molecule has 28 heavy (non-hydrogen) atoms. The fourth-order valence-corrected chi connectivity index (χ4v) is 3.39. The number of anilines is 1. The lowest BCUT2D eigenvalue weighted by molar-refractivity contribution is -0.137. The molecule has 0 saturated carbocycles. The number of rotatable bonds is 7. The number of hydrogen-bond donors (Lipinski definition) is 1. The van der Waals surface area contributed by atoms with E-state index in [0.717, 1.165) is 37.9 Å². The first-order chi connectivity index (χ1) is 13.4. The molecule has 150 valence electrons. The van der Waals surface area contributed by atoms with Crippen LogP contribution in [0.4, 0.5) is 19.0 Å². The summed E-state index contributed by atoms with van der Waals surface area (Å²) in [7, 11) is 0. The molecular formula is C21H24F3N3O. The van der Waals surface area contributed by atoms with Crippen LogP contribution in [0.2, 0.25) is 0 Å². The van der Waals surface area contributed by atoms with Gasteiger partial charge in [-0.25, -0.2) is 4.98 Å². The van der Waals surface area contributed by atoms with E-state index in [-0.39, 0.29) is 11.9 Å². The third-order valence-corrected chi connectivity index (χ3v) is 4.91. The molecule has 3 rings (SSSR count). The Bertz CT molecular complexity index is 763. The number of carbonyl (C=O) groups is 1. The lowest BCUT2D eigenvalue weighted by Gasteiger charge is -2.18. The van der Waals surface area contributed by atoms with Crippen LogP contribution in [0.5, 0.6) is 0 Å². The largest absolute Gasteiger partial charge is 0.417 e. The topological polar surface area (TPSA) is 45.2 Å². The summed E-state index contributed by atoms with van der Waals surface area (Å²) in [5.41, 5.74) is 0.522. The van der Waals surface area contributed by atoms with Crippen molar-refractivity contribution in [1.82, 2.24) is 10.3 Å². The molecule has 1 aromatic carbocycles. The highest BCUT2D eigenvalue weighted by molar-refractivity contribution is 5.76. The van der Waals surface area contributed by atoms with E-state index in [1.54, 1.807) is 0 Å². The van der Waals surface area contributed by atoms with Crippen molar-refractivity contribution in [3.8, 4) is 0 Å². The van der Waals surface area contributed by atoms with Gasteiger partial charge in [-0.05, 0) is 43.4 Å². The second-order valence-corrected chi connectivity index (χ2v) is 7.09. The smallest absolute Gasteiger partial charge is 0.354 e. The number of unbranched alkanes of at least 4 members (excludes halogenated alkanes) is 1. The quantitative estimate of drug-likeness (QED) is 0.720. The Morgan fingerprint density at radius 1 is 1.14 bits per heavy atom. The van der Waals surface area contributed by atoms with E-state index in [1.807, 2.05) is 23.1 Å². The Kier molecular flexibility index (Phi) is 6.54. The van der Waals surface area contributed by atoms with Gasteiger partial charge in [-0.2, -0.15) is 13.2 Å². The maximum absolute atomic E-state index is 12.6. The molecule has 1 aliphatic heterocycles. The number of hydrogen-bond acceptors (Lipinski definition) is 3. The van der Waals surface area contributed by atoms with E-state index in [0.29, 0.717) is 25.3 Å². The summed E-state index contributed by atoms with van der Waals surface area (Å²) in [5.74, 6) is 0.535. The maximum atomic E-state index is 12.6. The van der Waals surface area contributed by atoms with Crippen molar-refractivity contribution in [1.29, 1.82) is 0 Å². The molecule has 4 nitrogen and oxygen atoms in total. The van der Waals surface area contributed by atoms with Gasteiger partial charge in [-0.1, -0.05) is 30.3 Å². The minimum absolute atomic E-state index is 0.00529. The van der Waals surface area contributed by atoms with Crippen LogP contribution in [0.25, 0.3) is 0 Å². The molecule has 2 aromatic rings. The second kappa shape index (κ2) is 9.08. The van der Waals surface area contributed by atoms with Crippen molar-refractivity contribution in [3.63, 3.8) is 0 Å². The van der Waals surface area contributed by atoms with Crippen LogP contribution in [0, 0.1) is 0 Å². The molecule has 1 N–H and O–H groups in total. The Balaban J connectivity index is 1.38. The van der Waals surface area contributed by atoms with Crippen molar-refractivity contribution in [2.75, 3.05) is 18.0 Å². The summed E-state index contributed by atoms with van der Waals surface area (Å²) >= 11 is 0. The number of nitrogens with zero attached hydrogens (tertiary/aromatic N) is 2. The minimum Gasteiger partial charge on any atom is -0.354 e. The van der Waals surface area contributed by atoms with Crippen LogP contribution in [0.1, 0.15) is 36.8 Å². The molecule has 1 fully saturated rings. The Morgan fingerprint density at radius 2 is 1.93 bits per heavy atom. The number of aryl methyl sites for hydroxylation is 1. The second-order valence-electron chi connectivity index (χ2n) is 7.09. The molecule has 2 heterocycles. The summed E-state index contributed by atoms with van der Waals surface area (Å²) in [6.07, 6.45) is 0.480. The van der Waals surface area contributed by atoms with Gasteiger partial charge in [-0.15, -0.1) is 0 Å². The summed E-state index contributed by atoms with van der Waals surface area (Å²) in [4.78, 5) is 18.0. The Hall–Kier alpha value is -2.57. The number of pyridine rings is 1. The van der Waals surface area contributed by atoms with Gasteiger partial charge in [-0.3, -0.25) is 4.79 Å². The average molecular weight is 391 g/mol. The molecule has 1 atom stereocenters.